The van der Waals surface area contributed by atoms with E-state index in [0.29, 0.717) is 11.1 Å². The number of halogens is 1. The maximum Gasteiger partial charge on any atom is 0.162 e. The van der Waals surface area contributed by atoms with Crippen molar-refractivity contribution in [3.63, 3.8) is 0 Å². The quantitative estimate of drug-likeness (QED) is 0.721. The van der Waals surface area contributed by atoms with Crippen molar-refractivity contribution >= 4 is 28.8 Å². The van der Waals surface area contributed by atoms with Gasteiger partial charge in [-0.2, -0.15) is 9.61 Å². The number of aryl methyl sites for hydroxylation is 1. The number of hydrogen-bond donors (Lipinski definition) is 1. The summed E-state index contributed by atoms with van der Waals surface area (Å²) in [6.45, 7) is 6.30. The lowest BCUT2D eigenvalue weighted by atomic mass is 10.1. The average Bonchev–Trinajstić information content (AvgIpc) is 2.85. The molecule has 0 amide bonds. The van der Waals surface area contributed by atoms with Crippen LogP contribution in [0, 0.1) is 6.92 Å². The second-order valence-electron chi connectivity index (χ2n) is 5.45. The molecule has 3 aromatic rings. The summed E-state index contributed by atoms with van der Waals surface area (Å²) in [5.74, 6) is 1.15. The number of nitrogens with zero attached hydrogens (tertiary/aromatic N) is 3. The van der Waals surface area contributed by atoms with E-state index in [1.165, 1.54) is 5.56 Å². The normalized spacial score (nSPS) is 11.3. The smallest absolute Gasteiger partial charge is 0.162 e. The number of rotatable bonds is 3. The number of anilines is 2. The van der Waals surface area contributed by atoms with Crippen LogP contribution in [0.4, 0.5) is 11.5 Å². The van der Waals surface area contributed by atoms with Crippen LogP contribution in [-0.4, -0.2) is 14.6 Å². The van der Waals surface area contributed by atoms with Gasteiger partial charge in [0.25, 0.3) is 0 Å². The van der Waals surface area contributed by atoms with Gasteiger partial charge >= 0.3 is 0 Å². The van der Waals surface area contributed by atoms with Crippen LogP contribution < -0.4 is 5.32 Å². The minimum atomic E-state index is 0.348. The molecule has 0 spiro atoms. The van der Waals surface area contributed by atoms with E-state index in [2.05, 4.69) is 48.3 Å². The van der Waals surface area contributed by atoms with Gasteiger partial charge in [-0.05, 0) is 25.0 Å². The van der Waals surface area contributed by atoms with E-state index >= 15 is 0 Å². The van der Waals surface area contributed by atoms with Gasteiger partial charge in [0.2, 0.25) is 0 Å². The molecule has 0 atom stereocenters. The molecule has 1 N–H and O–H groups in total. The third-order valence-corrected chi connectivity index (χ3v) is 3.61. The zero-order valence-electron chi connectivity index (χ0n) is 12.3. The number of aromatic nitrogens is 3. The number of nitrogens with one attached hydrogen (secondary N) is 1. The zero-order chi connectivity index (χ0) is 15.0. The van der Waals surface area contributed by atoms with Gasteiger partial charge in [-0.3, -0.25) is 0 Å². The predicted octanol–water partition coefficient (Wildman–Crippen LogP) is 4.56. The monoisotopic (exact) mass is 300 g/mol. The van der Waals surface area contributed by atoms with E-state index in [4.69, 9.17) is 11.6 Å². The Kier molecular flexibility index (Phi) is 3.55. The first-order chi connectivity index (χ1) is 10.0. The standard InChI is InChI=1S/C16H17ClN4/c1-10(2)13-9-18-21-15(8-14(17)20-16(13)21)19-12-6-4-11(3)5-7-12/h4-10,19H,1-3H3. The van der Waals surface area contributed by atoms with E-state index in [0.717, 1.165) is 22.7 Å². The van der Waals surface area contributed by atoms with Crippen LogP contribution in [0.25, 0.3) is 5.65 Å². The Hall–Kier alpha value is -2.07. The minimum Gasteiger partial charge on any atom is -0.340 e. The van der Waals surface area contributed by atoms with Crippen LogP contribution in [0.1, 0.15) is 30.9 Å². The topological polar surface area (TPSA) is 42.2 Å². The fourth-order valence-electron chi connectivity index (χ4n) is 2.23. The number of benzene rings is 1. The molecule has 0 saturated heterocycles. The van der Waals surface area contributed by atoms with Gasteiger partial charge in [-0.1, -0.05) is 43.1 Å². The molecule has 0 radical (unpaired) electrons. The van der Waals surface area contributed by atoms with Gasteiger partial charge in [0.15, 0.2) is 5.65 Å². The van der Waals surface area contributed by atoms with Crippen LogP contribution in [0.5, 0.6) is 0 Å². The molecule has 5 heteroatoms. The molecule has 0 unspecified atom stereocenters. The fraction of sp³-hybridized carbons (Fsp3) is 0.250. The predicted molar refractivity (Wildman–Crippen MR) is 86.5 cm³/mol. The number of hydrogen-bond acceptors (Lipinski definition) is 3. The molecule has 0 saturated carbocycles. The molecule has 21 heavy (non-hydrogen) atoms. The van der Waals surface area contributed by atoms with E-state index < -0.39 is 0 Å². The van der Waals surface area contributed by atoms with Crippen LogP contribution >= 0.6 is 11.6 Å². The van der Waals surface area contributed by atoms with E-state index in [-0.39, 0.29) is 0 Å². The summed E-state index contributed by atoms with van der Waals surface area (Å²) >= 11 is 6.16. The molecule has 3 rings (SSSR count). The Morgan fingerprint density at radius 3 is 2.57 bits per heavy atom. The SMILES string of the molecule is Cc1ccc(Nc2cc(Cl)nc3c(C(C)C)cnn23)cc1. The average molecular weight is 301 g/mol. The largest absolute Gasteiger partial charge is 0.340 e. The lowest BCUT2D eigenvalue weighted by molar-refractivity contribution is 0.872. The molecular formula is C16H17ClN4. The summed E-state index contributed by atoms with van der Waals surface area (Å²) in [5.41, 5.74) is 4.10. The summed E-state index contributed by atoms with van der Waals surface area (Å²) < 4.78 is 1.79. The maximum absolute atomic E-state index is 6.16. The molecule has 2 heterocycles. The molecule has 4 nitrogen and oxygen atoms in total. The Morgan fingerprint density at radius 1 is 1.19 bits per heavy atom. The molecule has 2 aromatic heterocycles. The van der Waals surface area contributed by atoms with E-state index in [1.54, 1.807) is 10.6 Å². The zero-order valence-corrected chi connectivity index (χ0v) is 13.0. The summed E-state index contributed by atoms with van der Waals surface area (Å²) in [4.78, 5) is 4.40. The van der Waals surface area contributed by atoms with Gasteiger partial charge in [-0.25, -0.2) is 4.98 Å². The Morgan fingerprint density at radius 2 is 1.90 bits per heavy atom. The van der Waals surface area contributed by atoms with Crippen molar-refractivity contribution in [2.45, 2.75) is 26.7 Å². The van der Waals surface area contributed by atoms with Gasteiger partial charge in [0.05, 0.1) is 6.20 Å². The Bertz CT molecular complexity index is 775. The highest BCUT2D eigenvalue weighted by atomic mass is 35.5. The summed E-state index contributed by atoms with van der Waals surface area (Å²) in [6.07, 6.45) is 1.85. The van der Waals surface area contributed by atoms with Crippen LogP contribution in [0.15, 0.2) is 36.5 Å². The van der Waals surface area contributed by atoms with Crippen molar-refractivity contribution in [2.24, 2.45) is 0 Å². The summed E-state index contributed by atoms with van der Waals surface area (Å²) in [5, 5.41) is 8.23. The maximum atomic E-state index is 6.16. The Balaban J connectivity index is 2.07. The van der Waals surface area contributed by atoms with E-state index in [9.17, 15) is 0 Å². The van der Waals surface area contributed by atoms with Crippen molar-refractivity contribution in [1.82, 2.24) is 14.6 Å². The third kappa shape index (κ3) is 2.72. The molecule has 0 aliphatic heterocycles. The summed E-state index contributed by atoms with van der Waals surface area (Å²) in [7, 11) is 0. The van der Waals surface area contributed by atoms with Crippen LogP contribution in [0.3, 0.4) is 0 Å². The molecular weight excluding hydrogens is 284 g/mol. The molecule has 108 valence electrons. The van der Waals surface area contributed by atoms with Crippen molar-refractivity contribution in [2.75, 3.05) is 5.32 Å². The fourth-order valence-corrected chi connectivity index (χ4v) is 2.41. The molecule has 0 fully saturated rings. The van der Waals surface area contributed by atoms with Gasteiger partial charge < -0.3 is 5.32 Å². The van der Waals surface area contributed by atoms with Gasteiger partial charge in [-0.15, -0.1) is 0 Å². The van der Waals surface area contributed by atoms with Crippen molar-refractivity contribution in [1.29, 1.82) is 0 Å². The second-order valence-corrected chi connectivity index (χ2v) is 5.83. The van der Waals surface area contributed by atoms with Crippen LogP contribution in [0.2, 0.25) is 5.15 Å². The lowest BCUT2D eigenvalue weighted by Gasteiger charge is -2.10. The van der Waals surface area contributed by atoms with Crippen molar-refractivity contribution in [3.05, 3.63) is 52.8 Å². The van der Waals surface area contributed by atoms with Crippen molar-refractivity contribution in [3.8, 4) is 0 Å². The number of fused-ring (bicyclic) bond motifs is 1. The van der Waals surface area contributed by atoms with Gasteiger partial charge in [0.1, 0.15) is 11.0 Å². The highest BCUT2D eigenvalue weighted by molar-refractivity contribution is 6.29. The lowest BCUT2D eigenvalue weighted by Crippen LogP contribution is -2.02. The first kappa shape index (κ1) is 13.9. The Labute approximate surface area is 128 Å². The first-order valence-corrected chi connectivity index (χ1v) is 7.30. The van der Waals surface area contributed by atoms with Crippen molar-refractivity contribution < 1.29 is 0 Å². The molecule has 0 aliphatic carbocycles. The summed E-state index contributed by atoms with van der Waals surface area (Å²) in [6, 6.07) is 9.96. The minimum absolute atomic E-state index is 0.348. The third-order valence-electron chi connectivity index (χ3n) is 3.41. The molecule has 0 bridgehead atoms. The first-order valence-electron chi connectivity index (χ1n) is 6.92. The van der Waals surface area contributed by atoms with E-state index in [1.807, 2.05) is 18.3 Å². The second kappa shape index (κ2) is 5.37. The molecule has 0 aliphatic rings. The highest BCUT2D eigenvalue weighted by Crippen LogP contribution is 2.25. The van der Waals surface area contributed by atoms with Gasteiger partial charge in [0, 0.05) is 17.3 Å². The van der Waals surface area contributed by atoms with Crippen LogP contribution in [-0.2, 0) is 0 Å². The highest BCUT2D eigenvalue weighted by Gasteiger charge is 2.13. The molecule has 1 aromatic carbocycles.